The van der Waals surface area contributed by atoms with Crippen molar-refractivity contribution in [1.82, 2.24) is 0 Å². The third-order valence-electron chi connectivity index (χ3n) is 1.99. The predicted octanol–water partition coefficient (Wildman–Crippen LogP) is 3.24. The molecule has 1 rings (SSSR count). The van der Waals surface area contributed by atoms with Crippen LogP contribution in [0.15, 0.2) is 18.2 Å². The number of halogens is 3. The van der Waals surface area contributed by atoms with Crippen LogP contribution in [0.1, 0.15) is 12.8 Å². The first-order chi connectivity index (χ1) is 7.94. The maximum Gasteiger partial charge on any atom is 0.232 e. The molecule has 0 spiro atoms. The number of alkyl halides is 1. The fourth-order valence-corrected chi connectivity index (χ4v) is 2.84. The molecule has 0 bridgehead atoms. The highest BCUT2D eigenvalue weighted by atomic mass is 35.5. The third kappa shape index (κ3) is 5.10. The Labute approximate surface area is 110 Å². The minimum absolute atomic E-state index is 0.0333. The van der Waals surface area contributed by atoms with Crippen molar-refractivity contribution in [2.45, 2.75) is 12.8 Å². The molecule has 0 saturated carbocycles. The largest absolute Gasteiger partial charge is 0.282 e. The van der Waals surface area contributed by atoms with Crippen molar-refractivity contribution in [1.29, 1.82) is 0 Å². The van der Waals surface area contributed by atoms with Crippen molar-refractivity contribution in [2.24, 2.45) is 0 Å². The molecule has 3 nitrogen and oxygen atoms in total. The molecule has 17 heavy (non-hydrogen) atoms. The molecule has 96 valence electrons. The number of sulfonamides is 1. The molecular formula is C10H12Cl2FNO2S. The standard InChI is InChI=1S/C10H12Cl2FNO2S/c11-5-1-2-6-17(15,16)14-10-4-3-8(13)7-9(10)12/h3-4,7,14H,1-2,5-6H2. The summed E-state index contributed by atoms with van der Waals surface area (Å²) in [6.07, 6.45) is 1.09. The molecule has 1 aromatic carbocycles. The molecule has 7 heteroatoms. The van der Waals surface area contributed by atoms with Crippen LogP contribution in [0.3, 0.4) is 0 Å². The summed E-state index contributed by atoms with van der Waals surface area (Å²) in [5.41, 5.74) is 0.180. The van der Waals surface area contributed by atoms with Crippen LogP contribution >= 0.6 is 23.2 Å². The van der Waals surface area contributed by atoms with Gasteiger partial charge in [0.15, 0.2) is 0 Å². The highest BCUT2D eigenvalue weighted by Crippen LogP contribution is 2.23. The second-order valence-electron chi connectivity index (χ2n) is 3.44. The SMILES string of the molecule is O=S(=O)(CCCCCl)Nc1ccc(F)cc1Cl. The lowest BCUT2D eigenvalue weighted by atomic mass is 10.3. The summed E-state index contributed by atoms with van der Waals surface area (Å²) in [4.78, 5) is 0. The fourth-order valence-electron chi connectivity index (χ4n) is 1.18. The lowest BCUT2D eigenvalue weighted by Crippen LogP contribution is -2.17. The van der Waals surface area contributed by atoms with E-state index in [2.05, 4.69) is 4.72 Å². The molecule has 0 aliphatic rings. The van der Waals surface area contributed by atoms with Crippen LogP contribution < -0.4 is 4.72 Å². The summed E-state index contributed by atoms with van der Waals surface area (Å²) in [6, 6.07) is 3.48. The van der Waals surface area contributed by atoms with Crippen LogP contribution in [0.5, 0.6) is 0 Å². The Morgan fingerprint density at radius 3 is 2.59 bits per heavy atom. The average molecular weight is 300 g/mol. The topological polar surface area (TPSA) is 46.2 Å². The Balaban J connectivity index is 2.69. The predicted molar refractivity (Wildman–Crippen MR) is 68.8 cm³/mol. The maximum absolute atomic E-state index is 12.8. The van der Waals surface area contributed by atoms with Gasteiger partial charge in [-0.2, -0.15) is 0 Å². The van der Waals surface area contributed by atoms with Crippen LogP contribution in [-0.4, -0.2) is 20.1 Å². The first kappa shape index (κ1) is 14.5. The van der Waals surface area contributed by atoms with Crippen LogP contribution in [-0.2, 0) is 10.0 Å². The first-order valence-corrected chi connectivity index (χ1v) is 7.52. The Hall–Kier alpha value is -0.520. The molecule has 0 fully saturated rings. The molecule has 1 aromatic rings. The molecule has 0 heterocycles. The van der Waals surface area contributed by atoms with Gasteiger partial charge in [-0.15, -0.1) is 11.6 Å². The number of hydrogen-bond acceptors (Lipinski definition) is 2. The smallest absolute Gasteiger partial charge is 0.232 e. The van der Waals surface area contributed by atoms with Gasteiger partial charge in [0.05, 0.1) is 16.5 Å². The van der Waals surface area contributed by atoms with Gasteiger partial charge >= 0.3 is 0 Å². The van der Waals surface area contributed by atoms with E-state index in [9.17, 15) is 12.8 Å². The summed E-state index contributed by atoms with van der Waals surface area (Å²) in [6.45, 7) is 0. The Morgan fingerprint density at radius 2 is 2.00 bits per heavy atom. The lowest BCUT2D eigenvalue weighted by molar-refractivity contribution is 0.597. The number of benzene rings is 1. The zero-order chi connectivity index (χ0) is 12.9. The van der Waals surface area contributed by atoms with Crippen LogP contribution in [0, 0.1) is 5.82 Å². The fraction of sp³-hybridized carbons (Fsp3) is 0.400. The number of nitrogens with one attached hydrogen (secondary N) is 1. The van der Waals surface area contributed by atoms with Crippen molar-refractivity contribution in [3.05, 3.63) is 29.0 Å². The van der Waals surface area contributed by atoms with Crippen molar-refractivity contribution in [3.63, 3.8) is 0 Å². The highest BCUT2D eigenvalue weighted by Gasteiger charge is 2.12. The minimum Gasteiger partial charge on any atom is -0.282 e. The zero-order valence-electron chi connectivity index (χ0n) is 8.92. The third-order valence-corrected chi connectivity index (χ3v) is 3.93. The summed E-state index contributed by atoms with van der Waals surface area (Å²) in [7, 11) is -3.46. The van der Waals surface area contributed by atoms with E-state index < -0.39 is 15.8 Å². The Bertz CT molecular complexity index is 479. The van der Waals surface area contributed by atoms with E-state index in [1.54, 1.807) is 0 Å². The van der Waals surface area contributed by atoms with E-state index in [1.165, 1.54) is 6.07 Å². The van der Waals surface area contributed by atoms with Crippen LogP contribution in [0.25, 0.3) is 0 Å². The monoisotopic (exact) mass is 299 g/mol. The summed E-state index contributed by atoms with van der Waals surface area (Å²) in [5, 5.41) is 0.0333. The summed E-state index contributed by atoms with van der Waals surface area (Å²) in [5.74, 6) is -0.125. The Kier molecular flexibility index (Phi) is 5.49. The molecule has 0 radical (unpaired) electrons. The van der Waals surface area contributed by atoms with Gasteiger partial charge in [0, 0.05) is 5.88 Å². The van der Waals surface area contributed by atoms with Crippen LogP contribution in [0.4, 0.5) is 10.1 Å². The molecule has 0 amide bonds. The Morgan fingerprint density at radius 1 is 1.29 bits per heavy atom. The lowest BCUT2D eigenvalue weighted by Gasteiger charge is -2.09. The quantitative estimate of drug-likeness (QED) is 0.647. The second kappa shape index (κ2) is 6.42. The van der Waals surface area contributed by atoms with Gasteiger partial charge < -0.3 is 0 Å². The van der Waals surface area contributed by atoms with E-state index in [0.717, 1.165) is 12.1 Å². The maximum atomic E-state index is 12.8. The molecule has 0 aliphatic heterocycles. The van der Waals surface area contributed by atoms with Crippen LogP contribution in [0.2, 0.25) is 5.02 Å². The van der Waals surface area contributed by atoms with E-state index in [0.29, 0.717) is 18.7 Å². The first-order valence-electron chi connectivity index (χ1n) is 4.96. The van der Waals surface area contributed by atoms with Gasteiger partial charge in [-0.1, -0.05) is 11.6 Å². The number of unbranched alkanes of at least 4 members (excludes halogenated alkanes) is 1. The van der Waals surface area contributed by atoms with Gasteiger partial charge in [-0.05, 0) is 31.0 Å². The number of anilines is 1. The zero-order valence-corrected chi connectivity index (χ0v) is 11.2. The molecule has 0 saturated heterocycles. The van der Waals surface area contributed by atoms with E-state index in [4.69, 9.17) is 23.2 Å². The number of rotatable bonds is 6. The van der Waals surface area contributed by atoms with E-state index in [-0.39, 0.29) is 16.5 Å². The van der Waals surface area contributed by atoms with Gasteiger partial charge in [0.25, 0.3) is 0 Å². The number of hydrogen-bond donors (Lipinski definition) is 1. The van der Waals surface area contributed by atoms with Gasteiger partial charge in [0.2, 0.25) is 10.0 Å². The second-order valence-corrected chi connectivity index (χ2v) is 6.07. The average Bonchev–Trinajstić information content (AvgIpc) is 2.22. The summed E-state index contributed by atoms with van der Waals surface area (Å²) >= 11 is 11.2. The van der Waals surface area contributed by atoms with Gasteiger partial charge in [0.1, 0.15) is 5.82 Å². The molecule has 0 atom stereocenters. The molecule has 0 unspecified atom stereocenters. The molecule has 0 aromatic heterocycles. The molecule has 0 aliphatic carbocycles. The van der Waals surface area contributed by atoms with Gasteiger partial charge in [-0.3, -0.25) is 4.72 Å². The minimum atomic E-state index is -3.46. The van der Waals surface area contributed by atoms with Gasteiger partial charge in [-0.25, -0.2) is 12.8 Å². The van der Waals surface area contributed by atoms with Crippen molar-refractivity contribution >= 4 is 38.9 Å². The molecular weight excluding hydrogens is 288 g/mol. The van der Waals surface area contributed by atoms with E-state index in [1.807, 2.05) is 0 Å². The summed E-state index contributed by atoms with van der Waals surface area (Å²) < 4.78 is 38.3. The van der Waals surface area contributed by atoms with E-state index >= 15 is 0 Å². The van der Waals surface area contributed by atoms with Crippen molar-refractivity contribution < 1.29 is 12.8 Å². The van der Waals surface area contributed by atoms with Crippen molar-refractivity contribution in [3.8, 4) is 0 Å². The van der Waals surface area contributed by atoms with Crippen molar-refractivity contribution in [2.75, 3.05) is 16.4 Å². The highest BCUT2D eigenvalue weighted by molar-refractivity contribution is 7.92. The molecule has 1 N–H and O–H groups in total. The normalized spacial score (nSPS) is 11.5.